The van der Waals surface area contributed by atoms with E-state index < -0.39 is 10.8 Å². The largest absolute Gasteiger partial charge is 0.496 e. The van der Waals surface area contributed by atoms with E-state index in [0.29, 0.717) is 18.0 Å². The van der Waals surface area contributed by atoms with Gasteiger partial charge in [-0.05, 0) is 35.9 Å². The highest BCUT2D eigenvalue weighted by Crippen LogP contribution is 2.25. The summed E-state index contributed by atoms with van der Waals surface area (Å²) in [4.78, 5) is 22.9. The first-order chi connectivity index (χ1) is 13.6. The van der Waals surface area contributed by atoms with Crippen LogP contribution in [0.5, 0.6) is 11.5 Å². The minimum absolute atomic E-state index is 0.0844. The lowest BCUT2D eigenvalue weighted by molar-refractivity contribution is -0.384. The predicted molar refractivity (Wildman–Crippen MR) is 105 cm³/mol. The zero-order valence-electron chi connectivity index (χ0n) is 15.1. The number of carbonyl (C=O) groups is 1. The molecule has 1 amide bonds. The van der Waals surface area contributed by atoms with Gasteiger partial charge >= 0.3 is 0 Å². The lowest BCUT2D eigenvalue weighted by atomic mass is 10.1. The fraction of sp³-hybridized carbons (Fsp3) is 0.0952. The minimum atomic E-state index is -0.560. The maximum atomic E-state index is 12.5. The number of methoxy groups -OCH3 is 1. The van der Waals surface area contributed by atoms with E-state index in [-0.39, 0.29) is 17.0 Å². The summed E-state index contributed by atoms with van der Waals surface area (Å²) in [5, 5.41) is 13.7. The number of ether oxygens (including phenoxy) is 2. The van der Waals surface area contributed by atoms with Crippen LogP contribution < -0.4 is 14.8 Å². The summed E-state index contributed by atoms with van der Waals surface area (Å²) < 4.78 is 10.8. The fourth-order valence-electron chi connectivity index (χ4n) is 2.56. The second kappa shape index (κ2) is 8.68. The summed E-state index contributed by atoms with van der Waals surface area (Å²) in [7, 11) is 1.40. The molecular weight excluding hydrogens is 360 g/mol. The van der Waals surface area contributed by atoms with Gasteiger partial charge < -0.3 is 14.8 Å². The molecule has 0 aliphatic rings. The number of rotatable bonds is 7. The van der Waals surface area contributed by atoms with E-state index in [1.54, 1.807) is 24.3 Å². The summed E-state index contributed by atoms with van der Waals surface area (Å²) in [6, 6.07) is 20.5. The van der Waals surface area contributed by atoms with Crippen LogP contribution in [-0.4, -0.2) is 17.9 Å². The van der Waals surface area contributed by atoms with Crippen molar-refractivity contribution in [3.8, 4) is 11.5 Å². The van der Waals surface area contributed by atoms with Crippen LogP contribution in [0.3, 0.4) is 0 Å². The molecule has 0 bridgehead atoms. The van der Waals surface area contributed by atoms with E-state index in [1.165, 1.54) is 25.3 Å². The average Bonchev–Trinajstić information content (AvgIpc) is 2.73. The number of nitro groups is 1. The standard InChI is InChI=1S/C21H18N2O5/c1-27-20-12-9-17(23(25)26)13-19(20)21(24)22-16-7-10-18(11-8-16)28-14-15-5-3-2-4-6-15/h2-13H,14H2,1H3,(H,22,24). The number of amides is 1. The quantitative estimate of drug-likeness (QED) is 0.485. The molecule has 0 aromatic heterocycles. The number of hydrogen-bond acceptors (Lipinski definition) is 5. The molecule has 0 spiro atoms. The molecule has 1 N–H and O–H groups in total. The van der Waals surface area contributed by atoms with Gasteiger partial charge in [0.1, 0.15) is 18.1 Å². The van der Waals surface area contributed by atoms with Gasteiger partial charge in [-0.1, -0.05) is 30.3 Å². The Kier molecular flexibility index (Phi) is 5.86. The molecular formula is C21H18N2O5. The average molecular weight is 378 g/mol. The first kappa shape index (κ1) is 18.9. The highest BCUT2D eigenvalue weighted by molar-refractivity contribution is 6.06. The van der Waals surface area contributed by atoms with Gasteiger partial charge in [0.05, 0.1) is 17.6 Å². The van der Waals surface area contributed by atoms with Crippen LogP contribution in [0.2, 0.25) is 0 Å². The van der Waals surface area contributed by atoms with E-state index in [9.17, 15) is 14.9 Å². The SMILES string of the molecule is COc1ccc([N+](=O)[O-])cc1C(=O)Nc1ccc(OCc2ccccc2)cc1. The number of nitro benzene ring substituents is 1. The highest BCUT2D eigenvalue weighted by atomic mass is 16.6. The Balaban J connectivity index is 1.67. The first-order valence-electron chi connectivity index (χ1n) is 8.47. The number of hydrogen-bond donors (Lipinski definition) is 1. The molecule has 0 saturated carbocycles. The van der Waals surface area contributed by atoms with Crippen LogP contribution in [0.4, 0.5) is 11.4 Å². The van der Waals surface area contributed by atoms with Crippen molar-refractivity contribution in [3.63, 3.8) is 0 Å². The molecule has 3 aromatic rings. The normalized spacial score (nSPS) is 10.2. The Morgan fingerprint density at radius 3 is 2.39 bits per heavy atom. The molecule has 0 atom stereocenters. The van der Waals surface area contributed by atoms with Crippen LogP contribution in [-0.2, 0) is 6.61 Å². The highest BCUT2D eigenvalue weighted by Gasteiger charge is 2.17. The lowest BCUT2D eigenvalue weighted by Crippen LogP contribution is -2.13. The predicted octanol–water partition coefficient (Wildman–Crippen LogP) is 4.43. The third-order valence-corrected chi connectivity index (χ3v) is 4.00. The van der Waals surface area contributed by atoms with Crippen molar-refractivity contribution in [2.45, 2.75) is 6.61 Å². The van der Waals surface area contributed by atoms with Gasteiger partial charge in [-0.2, -0.15) is 0 Å². The van der Waals surface area contributed by atoms with Gasteiger partial charge in [-0.25, -0.2) is 0 Å². The van der Waals surface area contributed by atoms with Gasteiger partial charge in [0, 0.05) is 17.8 Å². The maximum Gasteiger partial charge on any atom is 0.270 e. The zero-order valence-corrected chi connectivity index (χ0v) is 15.1. The second-order valence-corrected chi connectivity index (χ2v) is 5.89. The van der Waals surface area contributed by atoms with Gasteiger partial charge in [0.2, 0.25) is 0 Å². The molecule has 3 aromatic carbocycles. The van der Waals surface area contributed by atoms with E-state index in [4.69, 9.17) is 9.47 Å². The molecule has 0 fully saturated rings. The van der Waals surface area contributed by atoms with Crippen LogP contribution in [0.1, 0.15) is 15.9 Å². The minimum Gasteiger partial charge on any atom is -0.496 e. The number of nitrogens with zero attached hydrogens (tertiary/aromatic N) is 1. The topological polar surface area (TPSA) is 90.7 Å². The van der Waals surface area contributed by atoms with Crippen LogP contribution in [0.25, 0.3) is 0 Å². The first-order valence-corrected chi connectivity index (χ1v) is 8.47. The van der Waals surface area contributed by atoms with Crippen LogP contribution in [0.15, 0.2) is 72.8 Å². The number of anilines is 1. The summed E-state index contributed by atoms with van der Waals surface area (Å²) in [5.74, 6) is 0.416. The molecule has 0 aliphatic heterocycles. The molecule has 0 saturated heterocycles. The van der Waals surface area contributed by atoms with Crippen LogP contribution >= 0.6 is 0 Å². The number of carbonyl (C=O) groups excluding carboxylic acids is 1. The number of benzene rings is 3. The fourth-order valence-corrected chi connectivity index (χ4v) is 2.56. The molecule has 142 valence electrons. The van der Waals surface area contributed by atoms with Crippen molar-refractivity contribution in [1.29, 1.82) is 0 Å². The van der Waals surface area contributed by atoms with Crippen molar-refractivity contribution < 1.29 is 19.2 Å². The maximum absolute atomic E-state index is 12.5. The van der Waals surface area contributed by atoms with E-state index in [2.05, 4.69) is 5.32 Å². The van der Waals surface area contributed by atoms with Gasteiger partial charge in [0.15, 0.2) is 0 Å². The van der Waals surface area contributed by atoms with Gasteiger partial charge in [0.25, 0.3) is 11.6 Å². The summed E-state index contributed by atoms with van der Waals surface area (Å²) in [6.07, 6.45) is 0. The molecule has 0 aliphatic carbocycles. The Morgan fingerprint density at radius 2 is 1.75 bits per heavy atom. The molecule has 3 rings (SSSR count). The smallest absolute Gasteiger partial charge is 0.270 e. The van der Waals surface area contributed by atoms with Gasteiger partial charge in [-0.3, -0.25) is 14.9 Å². The Labute approximate surface area is 161 Å². The molecule has 28 heavy (non-hydrogen) atoms. The number of nitrogens with one attached hydrogen (secondary N) is 1. The Hall–Kier alpha value is -3.87. The van der Waals surface area contributed by atoms with Crippen molar-refractivity contribution in [2.24, 2.45) is 0 Å². The van der Waals surface area contributed by atoms with Crippen molar-refractivity contribution in [3.05, 3.63) is 94.0 Å². The van der Waals surface area contributed by atoms with E-state index in [0.717, 1.165) is 5.56 Å². The van der Waals surface area contributed by atoms with E-state index in [1.807, 2.05) is 30.3 Å². The monoisotopic (exact) mass is 378 g/mol. The summed E-state index contributed by atoms with van der Waals surface area (Å²) in [6.45, 7) is 0.442. The Morgan fingerprint density at radius 1 is 1.04 bits per heavy atom. The summed E-state index contributed by atoms with van der Waals surface area (Å²) >= 11 is 0. The van der Waals surface area contributed by atoms with Crippen molar-refractivity contribution in [2.75, 3.05) is 12.4 Å². The third kappa shape index (κ3) is 4.64. The second-order valence-electron chi connectivity index (χ2n) is 5.89. The Bertz CT molecular complexity index is 972. The summed E-state index contributed by atoms with van der Waals surface area (Å²) in [5.41, 5.74) is 1.49. The molecule has 7 heteroatoms. The number of non-ortho nitro benzene ring substituents is 1. The molecule has 0 unspecified atom stereocenters. The van der Waals surface area contributed by atoms with Gasteiger partial charge in [-0.15, -0.1) is 0 Å². The van der Waals surface area contributed by atoms with Crippen molar-refractivity contribution in [1.82, 2.24) is 0 Å². The molecule has 0 heterocycles. The van der Waals surface area contributed by atoms with Crippen LogP contribution in [0, 0.1) is 10.1 Å². The van der Waals surface area contributed by atoms with Crippen molar-refractivity contribution >= 4 is 17.3 Å². The third-order valence-electron chi connectivity index (χ3n) is 4.00. The molecule has 7 nitrogen and oxygen atoms in total. The zero-order chi connectivity index (χ0) is 19.9. The molecule has 0 radical (unpaired) electrons. The van der Waals surface area contributed by atoms with E-state index >= 15 is 0 Å². The lowest BCUT2D eigenvalue weighted by Gasteiger charge is -2.10.